The molecule has 1 N–H and O–H groups in total. The molecular weight excluding hydrogens is 386 g/mol. The van der Waals surface area contributed by atoms with Gasteiger partial charge in [-0.3, -0.25) is 24.3 Å². The molecule has 0 bridgehead atoms. The molecule has 1 amide bonds. The molecule has 8 nitrogen and oxygen atoms in total. The van der Waals surface area contributed by atoms with Crippen molar-refractivity contribution in [2.24, 2.45) is 0 Å². The van der Waals surface area contributed by atoms with Crippen molar-refractivity contribution in [2.45, 2.75) is 13.0 Å². The van der Waals surface area contributed by atoms with Crippen LogP contribution in [-0.4, -0.2) is 22.5 Å². The van der Waals surface area contributed by atoms with Gasteiger partial charge in [0.25, 0.3) is 11.2 Å². The minimum Gasteiger partial charge on any atom is -0.495 e. The van der Waals surface area contributed by atoms with Crippen molar-refractivity contribution in [1.82, 2.24) is 4.57 Å². The first-order valence-corrected chi connectivity index (χ1v) is 8.63. The Hall–Kier alpha value is -3.39. The first-order valence-electron chi connectivity index (χ1n) is 8.26. The normalized spacial score (nSPS) is 11.8. The molecule has 1 heterocycles. The van der Waals surface area contributed by atoms with E-state index in [1.807, 2.05) is 0 Å². The molecule has 144 valence electrons. The number of nitrogens with one attached hydrogen (secondary N) is 1. The summed E-state index contributed by atoms with van der Waals surface area (Å²) in [6, 6.07) is 10.8. The van der Waals surface area contributed by atoms with Gasteiger partial charge in [0.2, 0.25) is 5.91 Å². The number of rotatable bonds is 5. The lowest BCUT2D eigenvalue weighted by atomic mass is 10.1. The summed E-state index contributed by atoms with van der Waals surface area (Å²) in [5, 5.41) is 14.6. The SMILES string of the molecule is COc1ccc(Cl)cc1NC(=O)C(C)n1c(=O)ccc2cc([N+](=O)[O-])ccc21. The number of nitro groups is 1. The van der Waals surface area contributed by atoms with E-state index >= 15 is 0 Å². The van der Waals surface area contributed by atoms with Crippen molar-refractivity contribution < 1.29 is 14.5 Å². The summed E-state index contributed by atoms with van der Waals surface area (Å²) in [6.45, 7) is 1.56. The summed E-state index contributed by atoms with van der Waals surface area (Å²) in [5.41, 5.74) is 0.287. The number of amides is 1. The Bertz CT molecular complexity index is 1140. The van der Waals surface area contributed by atoms with Gasteiger partial charge in [-0.25, -0.2) is 0 Å². The zero-order chi connectivity index (χ0) is 20.4. The summed E-state index contributed by atoms with van der Waals surface area (Å²) < 4.78 is 6.49. The van der Waals surface area contributed by atoms with Crippen molar-refractivity contribution in [2.75, 3.05) is 12.4 Å². The number of halogens is 1. The number of carbonyl (C=O) groups excluding carboxylic acids is 1. The number of pyridine rings is 1. The quantitative estimate of drug-likeness (QED) is 0.517. The second-order valence-electron chi connectivity index (χ2n) is 6.05. The molecule has 1 atom stereocenters. The number of ether oxygens (including phenoxy) is 1. The van der Waals surface area contributed by atoms with Crippen LogP contribution in [0.2, 0.25) is 5.02 Å². The van der Waals surface area contributed by atoms with Crippen molar-refractivity contribution in [1.29, 1.82) is 0 Å². The third-order valence-corrected chi connectivity index (χ3v) is 4.55. The third kappa shape index (κ3) is 3.67. The van der Waals surface area contributed by atoms with Gasteiger partial charge >= 0.3 is 0 Å². The van der Waals surface area contributed by atoms with Crippen molar-refractivity contribution in [3.05, 3.63) is 74.0 Å². The largest absolute Gasteiger partial charge is 0.495 e. The number of non-ortho nitro benzene ring substituents is 1. The fraction of sp³-hybridized carbons (Fsp3) is 0.158. The van der Waals surface area contributed by atoms with E-state index < -0.39 is 22.4 Å². The number of fused-ring (bicyclic) bond motifs is 1. The molecule has 1 unspecified atom stereocenters. The van der Waals surface area contributed by atoms with Crippen molar-refractivity contribution in [3.63, 3.8) is 0 Å². The Morgan fingerprint density at radius 1 is 1.21 bits per heavy atom. The van der Waals surface area contributed by atoms with E-state index in [2.05, 4.69) is 5.32 Å². The van der Waals surface area contributed by atoms with Crippen LogP contribution < -0.4 is 15.6 Å². The minimum absolute atomic E-state index is 0.0986. The molecular formula is C19H16ClN3O5. The van der Waals surface area contributed by atoms with E-state index in [4.69, 9.17) is 16.3 Å². The zero-order valence-corrected chi connectivity index (χ0v) is 15.8. The Morgan fingerprint density at radius 2 is 1.96 bits per heavy atom. The molecule has 0 spiro atoms. The van der Waals surface area contributed by atoms with Gasteiger partial charge in [-0.2, -0.15) is 0 Å². The van der Waals surface area contributed by atoms with E-state index in [0.717, 1.165) is 0 Å². The Balaban J connectivity index is 2.01. The molecule has 9 heteroatoms. The summed E-state index contributed by atoms with van der Waals surface area (Å²) in [5.74, 6) is -0.0423. The maximum atomic E-state index is 12.8. The number of aromatic nitrogens is 1. The smallest absolute Gasteiger partial charge is 0.270 e. The highest BCUT2D eigenvalue weighted by molar-refractivity contribution is 6.31. The molecule has 2 aromatic carbocycles. The lowest BCUT2D eigenvalue weighted by Crippen LogP contribution is -2.31. The predicted octanol–water partition coefficient (Wildman–Crippen LogP) is 3.77. The van der Waals surface area contributed by atoms with Gasteiger partial charge in [-0.05, 0) is 37.3 Å². The highest BCUT2D eigenvalue weighted by Gasteiger charge is 2.20. The summed E-state index contributed by atoms with van der Waals surface area (Å²) >= 11 is 5.98. The van der Waals surface area contributed by atoms with Gasteiger partial charge in [0.15, 0.2) is 0 Å². The lowest BCUT2D eigenvalue weighted by molar-refractivity contribution is -0.384. The van der Waals surface area contributed by atoms with Crippen LogP contribution in [0.15, 0.2) is 53.3 Å². The monoisotopic (exact) mass is 401 g/mol. The van der Waals surface area contributed by atoms with Crippen LogP contribution in [0.4, 0.5) is 11.4 Å². The number of hydrogen-bond acceptors (Lipinski definition) is 5. The first-order chi connectivity index (χ1) is 13.3. The second kappa shape index (κ2) is 7.69. The number of carbonyl (C=O) groups is 1. The fourth-order valence-electron chi connectivity index (χ4n) is 2.90. The molecule has 0 aliphatic carbocycles. The number of nitrogens with zero attached hydrogens (tertiary/aromatic N) is 2. The second-order valence-corrected chi connectivity index (χ2v) is 6.49. The highest BCUT2D eigenvalue weighted by atomic mass is 35.5. The minimum atomic E-state index is -0.888. The van der Waals surface area contributed by atoms with Gasteiger partial charge in [0, 0.05) is 28.6 Å². The van der Waals surface area contributed by atoms with Gasteiger partial charge in [0.1, 0.15) is 11.8 Å². The van der Waals surface area contributed by atoms with E-state index in [1.54, 1.807) is 25.1 Å². The maximum Gasteiger partial charge on any atom is 0.270 e. The summed E-state index contributed by atoms with van der Waals surface area (Å²) in [6.07, 6.45) is 0. The average Bonchev–Trinajstić information content (AvgIpc) is 2.67. The van der Waals surface area contributed by atoms with Crippen LogP contribution in [0.5, 0.6) is 5.75 Å². The Kier molecular flexibility index (Phi) is 5.32. The Labute approximate surface area is 164 Å². The molecule has 3 aromatic rings. The van der Waals surface area contributed by atoms with Crippen molar-refractivity contribution >= 4 is 39.8 Å². The highest BCUT2D eigenvalue weighted by Crippen LogP contribution is 2.29. The molecule has 0 fully saturated rings. The number of benzene rings is 2. The number of anilines is 1. The molecule has 3 rings (SSSR count). The van der Waals surface area contributed by atoms with Crippen LogP contribution in [-0.2, 0) is 4.79 Å². The number of methoxy groups -OCH3 is 1. The van der Waals surface area contributed by atoms with Crippen LogP contribution in [0.1, 0.15) is 13.0 Å². The summed E-state index contributed by atoms with van der Waals surface area (Å²) in [7, 11) is 1.46. The number of nitro benzene ring substituents is 1. The van der Waals surface area contributed by atoms with Gasteiger partial charge in [-0.15, -0.1) is 0 Å². The fourth-order valence-corrected chi connectivity index (χ4v) is 3.07. The first kappa shape index (κ1) is 19.4. The van der Waals surface area contributed by atoms with Gasteiger partial charge in [0.05, 0.1) is 23.2 Å². The molecule has 1 aromatic heterocycles. The molecule has 28 heavy (non-hydrogen) atoms. The van der Waals surface area contributed by atoms with Crippen LogP contribution in [0, 0.1) is 10.1 Å². The molecule has 0 saturated heterocycles. The average molecular weight is 402 g/mol. The van der Waals surface area contributed by atoms with E-state index in [1.165, 1.54) is 42.0 Å². The topological polar surface area (TPSA) is 103 Å². The van der Waals surface area contributed by atoms with Gasteiger partial charge in [-0.1, -0.05) is 11.6 Å². The van der Waals surface area contributed by atoms with Crippen molar-refractivity contribution in [3.8, 4) is 5.75 Å². The van der Waals surface area contributed by atoms with E-state index in [9.17, 15) is 19.7 Å². The van der Waals surface area contributed by atoms with Crippen LogP contribution in [0.3, 0.4) is 0 Å². The molecule has 0 radical (unpaired) electrons. The lowest BCUT2D eigenvalue weighted by Gasteiger charge is -2.18. The zero-order valence-electron chi connectivity index (χ0n) is 15.0. The maximum absolute atomic E-state index is 12.8. The van der Waals surface area contributed by atoms with E-state index in [-0.39, 0.29) is 5.69 Å². The van der Waals surface area contributed by atoms with Crippen LogP contribution >= 0.6 is 11.6 Å². The van der Waals surface area contributed by atoms with Gasteiger partial charge < -0.3 is 10.1 Å². The molecule has 0 aliphatic rings. The molecule has 0 saturated carbocycles. The number of hydrogen-bond donors (Lipinski definition) is 1. The standard InChI is InChI=1S/C19H16ClN3O5/c1-11(19(25)21-15-10-13(20)4-7-17(15)28-2)22-16-6-5-14(23(26)27)9-12(16)3-8-18(22)24/h3-11H,1-2H3,(H,21,25). The summed E-state index contributed by atoms with van der Waals surface area (Å²) in [4.78, 5) is 35.7. The molecule has 0 aliphatic heterocycles. The van der Waals surface area contributed by atoms with E-state index in [0.29, 0.717) is 27.4 Å². The Morgan fingerprint density at radius 3 is 2.64 bits per heavy atom. The third-order valence-electron chi connectivity index (χ3n) is 4.31. The van der Waals surface area contributed by atoms with Crippen LogP contribution in [0.25, 0.3) is 10.9 Å². The predicted molar refractivity (Wildman–Crippen MR) is 106 cm³/mol.